The van der Waals surface area contributed by atoms with Crippen molar-refractivity contribution >= 4 is 16.9 Å². The Morgan fingerprint density at radius 2 is 1.76 bits per heavy atom. The van der Waals surface area contributed by atoms with Gasteiger partial charge >= 0.3 is 0 Å². The van der Waals surface area contributed by atoms with Crippen LogP contribution in [0, 0.1) is 5.82 Å². The molecule has 1 amide bonds. The minimum absolute atomic E-state index is 0.244. The number of nitrogens with zero attached hydrogens (tertiary/aromatic N) is 2. The van der Waals surface area contributed by atoms with Crippen LogP contribution in [0.3, 0.4) is 0 Å². The van der Waals surface area contributed by atoms with E-state index in [2.05, 4.69) is 10.3 Å². The molecule has 4 aromatic rings. The van der Waals surface area contributed by atoms with E-state index in [9.17, 15) is 9.18 Å². The number of hydrogen-bond donors (Lipinski definition) is 1. The first-order valence-corrected chi connectivity index (χ1v) is 9.26. The lowest BCUT2D eigenvalue weighted by Gasteiger charge is -2.12. The van der Waals surface area contributed by atoms with Crippen molar-refractivity contribution in [2.75, 3.05) is 0 Å². The maximum Gasteiger partial charge on any atom is 0.255 e. The summed E-state index contributed by atoms with van der Waals surface area (Å²) in [7, 11) is 1.93. The van der Waals surface area contributed by atoms with Gasteiger partial charge in [-0.3, -0.25) is 4.79 Å². The first-order valence-electron chi connectivity index (χ1n) is 9.26. The van der Waals surface area contributed by atoms with Gasteiger partial charge in [-0.2, -0.15) is 0 Å². The van der Waals surface area contributed by atoms with Gasteiger partial charge in [0, 0.05) is 7.05 Å². The average Bonchev–Trinajstić information content (AvgIpc) is 3.08. The van der Waals surface area contributed by atoms with Crippen LogP contribution < -0.4 is 10.1 Å². The van der Waals surface area contributed by atoms with Crippen molar-refractivity contribution in [3.8, 4) is 5.75 Å². The fourth-order valence-corrected chi connectivity index (χ4v) is 3.13. The highest BCUT2D eigenvalue weighted by Gasteiger charge is 2.14. The minimum Gasteiger partial charge on any atom is -0.488 e. The molecule has 0 aliphatic heterocycles. The number of aryl methyl sites for hydroxylation is 1. The number of imidazole rings is 1. The van der Waals surface area contributed by atoms with E-state index >= 15 is 0 Å². The molecule has 6 heteroatoms. The number of rotatable bonds is 6. The van der Waals surface area contributed by atoms with Gasteiger partial charge in [-0.25, -0.2) is 9.37 Å². The molecular formula is C23H20FN3O2. The van der Waals surface area contributed by atoms with Gasteiger partial charge in [0.25, 0.3) is 5.91 Å². The summed E-state index contributed by atoms with van der Waals surface area (Å²) in [6.07, 6.45) is 0. The minimum atomic E-state index is -0.296. The molecule has 0 radical (unpaired) electrons. The Bertz CT molecular complexity index is 1150. The number of fused-ring (bicyclic) bond motifs is 1. The summed E-state index contributed by atoms with van der Waals surface area (Å²) in [6.45, 7) is 0.547. The normalized spacial score (nSPS) is 10.8. The van der Waals surface area contributed by atoms with Crippen molar-refractivity contribution in [2.24, 2.45) is 7.05 Å². The number of para-hydroxylation sites is 3. The monoisotopic (exact) mass is 389 g/mol. The van der Waals surface area contributed by atoms with Gasteiger partial charge in [-0.05, 0) is 42.0 Å². The lowest BCUT2D eigenvalue weighted by atomic mass is 10.2. The molecule has 0 atom stereocenters. The van der Waals surface area contributed by atoms with Gasteiger partial charge in [0.1, 0.15) is 24.0 Å². The fourth-order valence-electron chi connectivity index (χ4n) is 3.13. The van der Waals surface area contributed by atoms with Gasteiger partial charge < -0.3 is 14.6 Å². The van der Waals surface area contributed by atoms with Gasteiger partial charge in [0.15, 0.2) is 0 Å². The summed E-state index contributed by atoms with van der Waals surface area (Å²) in [5, 5.41) is 2.91. The molecule has 0 saturated heterocycles. The molecule has 146 valence electrons. The molecule has 0 aliphatic carbocycles. The second-order valence-electron chi connectivity index (χ2n) is 6.67. The van der Waals surface area contributed by atoms with Gasteiger partial charge in [0.2, 0.25) is 0 Å². The van der Waals surface area contributed by atoms with Crippen LogP contribution in [0.5, 0.6) is 5.75 Å². The largest absolute Gasteiger partial charge is 0.488 e. The molecule has 3 aromatic carbocycles. The quantitative estimate of drug-likeness (QED) is 0.537. The zero-order valence-corrected chi connectivity index (χ0v) is 15.9. The van der Waals surface area contributed by atoms with E-state index in [0.29, 0.717) is 17.9 Å². The second-order valence-corrected chi connectivity index (χ2v) is 6.67. The van der Waals surface area contributed by atoms with Crippen molar-refractivity contribution in [3.63, 3.8) is 0 Å². The number of ether oxygens (including phenoxy) is 1. The Hall–Kier alpha value is -3.67. The molecular weight excluding hydrogens is 369 g/mol. The third-order valence-corrected chi connectivity index (χ3v) is 4.73. The molecule has 0 spiro atoms. The van der Waals surface area contributed by atoms with E-state index < -0.39 is 0 Å². The Labute approximate surface area is 167 Å². The van der Waals surface area contributed by atoms with Gasteiger partial charge in [-0.15, -0.1) is 0 Å². The Morgan fingerprint density at radius 3 is 2.55 bits per heavy atom. The first kappa shape index (κ1) is 18.7. The van der Waals surface area contributed by atoms with Crippen LogP contribution in [0.4, 0.5) is 4.39 Å². The van der Waals surface area contributed by atoms with Crippen molar-refractivity contribution in [1.29, 1.82) is 0 Å². The van der Waals surface area contributed by atoms with Gasteiger partial charge in [0.05, 0.1) is 23.1 Å². The predicted octanol–water partition coefficient (Wildman–Crippen LogP) is 4.22. The van der Waals surface area contributed by atoms with Crippen molar-refractivity contribution in [3.05, 3.63) is 95.6 Å². The lowest BCUT2D eigenvalue weighted by molar-refractivity contribution is 0.0945. The highest BCUT2D eigenvalue weighted by molar-refractivity contribution is 5.96. The second kappa shape index (κ2) is 8.14. The highest BCUT2D eigenvalue weighted by atomic mass is 19.1. The van der Waals surface area contributed by atoms with Crippen LogP contribution in [0.2, 0.25) is 0 Å². The van der Waals surface area contributed by atoms with Crippen LogP contribution in [-0.4, -0.2) is 15.5 Å². The van der Waals surface area contributed by atoms with Crippen LogP contribution >= 0.6 is 0 Å². The summed E-state index contributed by atoms with van der Waals surface area (Å²) >= 11 is 0. The number of amides is 1. The predicted molar refractivity (Wildman–Crippen MR) is 109 cm³/mol. The Kier molecular flexibility index (Phi) is 5.24. The number of hydrogen-bond acceptors (Lipinski definition) is 3. The third-order valence-electron chi connectivity index (χ3n) is 4.73. The topological polar surface area (TPSA) is 56.2 Å². The highest BCUT2D eigenvalue weighted by Crippen LogP contribution is 2.20. The zero-order valence-electron chi connectivity index (χ0n) is 15.9. The number of aromatic nitrogens is 2. The number of benzene rings is 3. The van der Waals surface area contributed by atoms with E-state index in [0.717, 1.165) is 22.4 Å². The summed E-state index contributed by atoms with van der Waals surface area (Å²) in [4.78, 5) is 17.3. The van der Waals surface area contributed by atoms with Crippen molar-refractivity contribution in [1.82, 2.24) is 14.9 Å². The van der Waals surface area contributed by atoms with Crippen molar-refractivity contribution < 1.29 is 13.9 Å². The first-order chi connectivity index (χ1) is 14.1. The molecule has 4 rings (SSSR count). The summed E-state index contributed by atoms with van der Waals surface area (Å²) < 4.78 is 20.8. The van der Waals surface area contributed by atoms with Crippen molar-refractivity contribution in [2.45, 2.75) is 13.2 Å². The molecule has 0 fully saturated rings. The maximum atomic E-state index is 13.0. The molecule has 29 heavy (non-hydrogen) atoms. The van der Waals surface area contributed by atoms with Crippen LogP contribution in [0.15, 0.2) is 72.8 Å². The molecule has 0 saturated carbocycles. The number of halogens is 1. The van der Waals surface area contributed by atoms with E-state index in [-0.39, 0.29) is 18.3 Å². The fraction of sp³-hybridized carbons (Fsp3) is 0.130. The number of carbonyl (C=O) groups is 1. The van der Waals surface area contributed by atoms with E-state index in [1.165, 1.54) is 12.1 Å². The van der Waals surface area contributed by atoms with E-state index in [1.54, 1.807) is 30.3 Å². The molecule has 0 bridgehead atoms. The maximum absolute atomic E-state index is 13.0. The lowest BCUT2D eigenvalue weighted by Crippen LogP contribution is -2.25. The van der Waals surface area contributed by atoms with Crippen LogP contribution in [0.1, 0.15) is 21.7 Å². The number of nitrogens with one attached hydrogen (secondary N) is 1. The van der Waals surface area contributed by atoms with E-state index in [4.69, 9.17) is 4.74 Å². The van der Waals surface area contributed by atoms with Gasteiger partial charge in [-0.1, -0.05) is 36.4 Å². The molecule has 0 aliphatic rings. The third kappa shape index (κ3) is 4.11. The van der Waals surface area contributed by atoms with E-state index in [1.807, 2.05) is 41.9 Å². The summed E-state index contributed by atoms with van der Waals surface area (Å²) in [6, 6.07) is 21.0. The number of carbonyl (C=O) groups excluding carboxylic acids is 1. The van der Waals surface area contributed by atoms with Crippen LogP contribution in [-0.2, 0) is 20.2 Å². The zero-order chi connectivity index (χ0) is 20.2. The molecule has 1 N–H and O–H groups in total. The average molecular weight is 389 g/mol. The molecule has 0 unspecified atom stereocenters. The summed E-state index contributed by atoms with van der Waals surface area (Å²) in [5.74, 6) is 0.700. The van der Waals surface area contributed by atoms with Crippen LogP contribution in [0.25, 0.3) is 11.0 Å². The Morgan fingerprint density at radius 1 is 1.03 bits per heavy atom. The SMILES string of the molecule is Cn1c(CNC(=O)c2ccccc2OCc2ccc(F)cc2)nc2ccccc21. The smallest absolute Gasteiger partial charge is 0.255 e. The molecule has 5 nitrogen and oxygen atoms in total. The Balaban J connectivity index is 1.45. The molecule has 1 heterocycles. The standard InChI is InChI=1S/C23H20FN3O2/c1-27-20-8-4-3-7-19(20)26-22(27)14-25-23(28)18-6-2-5-9-21(18)29-15-16-10-12-17(24)13-11-16/h2-13H,14-15H2,1H3,(H,25,28). The molecule has 1 aromatic heterocycles. The summed E-state index contributed by atoms with van der Waals surface area (Å²) in [5.41, 5.74) is 3.16.